The Hall–Kier alpha value is -3.42. The molecule has 0 radical (unpaired) electrons. The number of rotatable bonds is 11. The number of phenols is 1. The molecule has 1 fully saturated rings. The number of allylic oxidation sites excluding steroid dienone is 1. The number of nitrogens with zero attached hydrogens (tertiary/aromatic N) is 1. The molecular weight excluding hydrogens is 482 g/mol. The number of benzene rings is 2. The molecule has 1 aliphatic heterocycles. The highest BCUT2D eigenvalue weighted by atomic mass is 16.5. The zero-order valence-corrected chi connectivity index (χ0v) is 22.0. The van der Waals surface area contributed by atoms with Crippen molar-refractivity contribution in [1.29, 1.82) is 0 Å². The maximum absolute atomic E-state index is 13.3. The van der Waals surface area contributed by atoms with Gasteiger partial charge >= 0.3 is 0 Å². The molecule has 0 spiro atoms. The summed E-state index contributed by atoms with van der Waals surface area (Å²) in [7, 11) is 0. The van der Waals surface area contributed by atoms with Gasteiger partial charge in [-0.05, 0) is 73.6 Å². The smallest absolute Gasteiger partial charge is 0.233 e. The number of hydrogen-bond acceptors (Lipinski definition) is 6. The largest absolute Gasteiger partial charge is 0.508 e. The van der Waals surface area contributed by atoms with E-state index in [4.69, 9.17) is 4.74 Å². The summed E-state index contributed by atoms with van der Waals surface area (Å²) in [4.78, 5) is 27.8. The average Bonchev–Trinajstić information content (AvgIpc) is 3.16. The lowest BCUT2D eigenvalue weighted by atomic mass is 9.68. The fourth-order valence-electron chi connectivity index (χ4n) is 5.74. The van der Waals surface area contributed by atoms with Crippen molar-refractivity contribution in [1.82, 2.24) is 4.90 Å². The van der Waals surface area contributed by atoms with Crippen LogP contribution in [0.4, 0.5) is 0 Å². The molecule has 0 aromatic heterocycles. The van der Waals surface area contributed by atoms with Crippen LogP contribution in [0, 0.1) is 17.8 Å². The lowest BCUT2D eigenvalue weighted by Gasteiger charge is -2.36. The van der Waals surface area contributed by atoms with E-state index in [9.17, 15) is 24.9 Å². The van der Waals surface area contributed by atoms with Gasteiger partial charge in [0.25, 0.3) is 0 Å². The number of para-hydroxylation sites is 1. The monoisotopic (exact) mass is 519 g/mol. The van der Waals surface area contributed by atoms with E-state index in [2.05, 4.69) is 0 Å². The summed E-state index contributed by atoms with van der Waals surface area (Å²) in [5.74, 6) is -1.43. The zero-order chi connectivity index (χ0) is 27.2. The number of aromatic hydroxyl groups is 1. The second-order valence-electron chi connectivity index (χ2n) is 10.3. The second-order valence-corrected chi connectivity index (χ2v) is 10.3. The van der Waals surface area contributed by atoms with Gasteiger partial charge in [-0.15, -0.1) is 0 Å². The van der Waals surface area contributed by atoms with Gasteiger partial charge in [0.1, 0.15) is 18.1 Å². The van der Waals surface area contributed by atoms with Crippen molar-refractivity contribution in [2.24, 2.45) is 17.8 Å². The van der Waals surface area contributed by atoms with E-state index in [-0.39, 0.29) is 30.8 Å². The third-order valence-electron chi connectivity index (χ3n) is 7.55. The number of carbonyl (C=O) groups excluding carboxylic acids is 2. The van der Waals surface area contributed by atoms with Gasteiger partial charge in [0, 0.05) is 12.5 Å². The molecule has 4 atom stereocenters. The summed E-state index contributed by atoms with van der Waals surface area (Å²) in [5, 5.41) is 31.4. The normalized spacial score (nSPS) is 22.6. The van der Waals surface area contributed by atoms with Crippen LogP contribution in [0.2, 0.25) is 0 Å². The third kappa shape index (κ3) is 6.00. The summed E-state index contributed by atoms with van der Waals surface area (Å²) < 4.78 is 6.03. The minimum Gasteiger partial charge on any atom is -0.508 e. The lowest BCUT2D eigenvalue weighted by molar-refractivity contribution is -0.140. The fraction of sp³-hybridized carbons (Fsp3) is 0.419. The molecule has 4 rings (SSSR count). The number of imide groups is 1. The molecule has 0 saturated carbocycles. The van der Waals surface area contributed by atoms with E-state index < -0.39 is 23.9 Å². The predicted molar refractivity (Wildman–Crippen MR) is 145 cm³/mol. The maximum atomic E-state index is 13.3. The molecular formula is C31H37NO6. The summed E-state index contributed by atoms with van der Waals surface area (Å²) in [6.07, 6.45) is 3.10. The Labute approximate surface area is 224 Å². The van der Waals surface area contributed by atoms with Gasteiger partial charge in [-0.1, -0.05) is 48.9 Å². The molecule has 7 heteroatoms. The molecule has 0 unspecified atom stereocenters. The van der Waals surface area contributed by atoms with Gasteiger partial charge in [0.15, 0.2) is 0 Å². The Kier molecular flexibility index (Phi) is 9.02. The van der Waals surface area contributed by atoms with Crippen molar-refractivity contribution in [3.05, 3.63) is 76.9 Å². The Bertz CT molecular complexity index is 1190. The zero-order valence-electron chi connectivity index (χ0n) is 22.0. The summed E-state index contributed by atoms with van der Waals surface area (Å²) >= 11 is 0. The van der Waals surface area contributed by atoms with E-state index in [0.717, 1.165) is 16.7 Å². The molecule has 0 bridgehead atoms. The van der Waals surface area contributed by atoms with Gasteiger partial charge in [0.05, 0.1) is 24.5 Å². The highest BCUT2D eigenvalue weighted by Gasteiger charge is 2.54. The van der Waals surface area contributed by atoms with Crippen LogP contribution >= 0.6 is 0 Å². The maximum Gasteiger partial charge on any atom is 0.233 e. The topological polar surface area (TPSA) is 107 Å². The van der Waals surface area contributed by atoms with E-state index in [1.54, 1.807) is 12.1 Å². The van der Waals surface area contributed by atoms with Crippen molar-refractivity contribution in [3.8, 4) is 11.5 Å². The van der Waals surface area contributed by atoms with Crippen LogP contribution in [0.1, 0.15) is 45.1 Å². The van der Waals surface area contributed by atoms with Crippen LogP contribution in [0.15, 0.2) is 71.3 Å². The van der Waals surface area contributed by atoms with Crippen LogP contribution in [-0.4, -0.2) is 57.9 Å². The number of amides is 2. The summed E-state index contributed by atoms with van der Waals surface area (Å²) in [6.45, 7) is 4.11. The number of likely N-dealkylation sites (tertiary alicyclic amines) is 1. The molecule has 2 aromatic carbocycles. The highest BCUT2D eigenvalue weighted by molar-refractivity contribution is 6.05. The molecule has 2 aromatic rings. The number of hydrogen-bond donors (Lipinski definition) is 3. The molecule has 3 N–H and O–H groups in total. The predicted octanol–water partition coefficient (Wildman–Crippen LogP) is 4.34. The van der Waals surface area contributed by atoms with Crippen LogP contribution in [-0.2, 0) is 9.59 Å². The van der Waals surface area contributed by atoms with Crippen molar-refractivity contribution < 1.29 is 29.6 Å². The Balaban J connectivity index is 1.59. The summed E-state index contributed by atoms with van der Waals surface area (Å²) in [6, 6.07) is 16.2. The Morgan fingerprint density at radius 1 is 1.11 bits per heavy atom. The number of phenolic OH excluding ortho intramolecular Hbond substituents is 1. The van der Waals surface area contributed by atoms with E-state index >= 15 is 0 Å². The third-order valence-corrected chi connectivity index (χ3v) is 7.55. The first kappa shape index (κ1) is 27.6. The molecule has 7 nitrogen and oxygen atoms in total. The van der Waals surface area contributed by atoms with Crippen molar-refractivity contribution in [3.63, 3.8) is 0 Å². The lowest BCUT2D eigenvalue weighted by Crippen LogP contribution is -2.40. The Morgan fingerprint density at radius 3 is 2.47 bits per heavy atom. The van der Waals surface area contributed by atoms with Gasteiger partial charge in [-0.25, -0.2) is 0 Å². The number of aliphatic hydroxyl groups excluding tert-OH is 2. The molecule has 2 aliphatic rings. The number of fused-ring (bicyclic) bond motifs is 1. The number of carbonyl (C=O) groups is 2. The van der Waals surface area contributed by atoms with Crippen LogP contribution in [0.25, 0.3) is 6.08 Å². The van der Waals surface area contributed by atoms with Gasteiger partial charge in [-0.2, -0.15) is 0 Å². The van der Waals surface area contributed by atoms with Crippen LogP contribution in [0.5, 0.6) is 11.5 Å². The standard InChI is InChI=1S/C31H37NO6/c1-3-15-32-30(36)25-17-22(19-38-24-7-5-4-6-8-24)28(26(18-33)29(25)31(32)37)27(35)14-9-20(2)16-21-10-12-23(34)13-11-21/h4-8,10-13,16,25-27,29,33-35H,3,9,14-15,17-19H2,1-2H3/b20-16+/t25-,26+,27-,29-/m1/s1. The first-order valence-electron chi connectivity index (χ1n) is 13.3. The van der Waals surface area contributed by atoms with E-state index in [0.29, 0.717) is 43.6 Å². The van der Waals surface area contributed by atoms with Gasteiger partial charge < -0.3 is 20.1 Å². The SMILES string of the molecule is CCCN1C(=O)[C@@H]2[C@@H](CC(COc3ccccc3)=C([C@H](O)CC/C(C)=C/c3ccc(O)cc3)[C@@H]2CO)C1=O. The van der Waals surface area contributed by atoms with Crippen LogP contribution in [0.3, 0.4) is 0 Å². The van der Waals surface area contributed by atoms with E-state index in [1.807, 2.05) is 62.4 Å². The molecule has 2 amide bonds. The van der Waals surface area contributed by atoms with Crippen LogP contribution < -0.4 is 4.74 Å². The van der Waals surface area contributed by atoms with Crippen molar-refractivity contribution in [2.75, 3.05) is 19.8 Å². The average molecular weight is 520 g/mol. The second kappa shape index (κ2) is 12.4. The van der Waals surface area contributed by atoms with Gasteiger partial charge in [-0.3, -0.25) is 14.5 Å². The highest BCUT2D eigenvalue weighted by Crippen LogP contribution is 2.46. The van der Waals surface area contributed by atoms with Crippen molar-refractivity contribution in [2.45, 2.75) is 45.6 Å². The molecule has 1 aliphatic carbocycles. The number of ether oxygens (including phenoxy) is 1. The van der Waals surface area contributed by atoms with Gasteiger partial charge in [0.2, 0.25) is 11.8 Å². The quantitative estimate of drug-likeness (QED) is 0.301. The van der Waals surface area contributed by atoms with Crippen molar-refractivity contribution >= 4 is 17.9 Å². The first-order valence-corrected chi connectivity index (χ1v) is 13.3. The molecule has 1 heterocycles. The molecule has 1 saturated heterocycles. The number of aliphatic hydroxyl groups is 2. The fourth-order valence-corrected chi connectivity index (χ4v) is 5.74. The first-order chi connectivity index (χ1) is 18.3. The minimum atomic E-state index is -0.895. The molecule has 38 heavy (non-hydrogen) atoms. The van der Waals surface area contributed by atoms with E-state index in [1.165, 1.54) is 4.90 Å². The molecule has 202 valence electrons. The minimum absolute atomic E-state index is 0.174. The Morgan fingerprint density at radius 2 is 1.82 bits per heavy atom. The summed E-state index contributed by atoms with van der Waals surface area (Å²) in [5.41, 5.74) is 3.40.